The fourth-order valence-electron chi connectivity index (χ4n) is 2.79. The van der Waals surface area contributed by atoms with Crippen LogP contribution in [0.15, 0.2) is 24.3 Å². The van der Waals surface area contributed by atoms with Gasteiger partial charge in [-0.3, -0.25) is 9.59 Å². The molecule has 1 saturated carbocycles. The third kappa shape index (κ3) is 4.06. The number of nitrogens with zero attached hydrogens (tertiary/aromatic N) is 1. The molecule has 0 aromatic heterocycles. The number of hydrogen-bond donors (Lipinski definition) is 1. The molecule has 0 spiro atoms. The van der Waals surface area contributed by atoms with E-state index in [0.29, 0.717) is 11.6 Å². The quantitative estimate of drug-likeness (QED) is 0.836. The Labute approximate surface area is 142 Å². The van der Waals surface area contributed by atoms with Crippen molar-refractivity contribution < 1.29 is 19.1 Å². The Hall–Kier alpha value is -2.08. The number of nitrogens with one attached hydrogen (secondary N) is 1. The van der Waals surface area contributed by atoms with E-state index in [9.17, 15) is 9.59 Å². The summed E-state index contributed by atoms with van der Waals surface area (Å²) >= 11 is 0. The van der Waals surface area contributed by atoms with Crippen molar-refractivity contribution in [3.05, 3.63) is 24.3 Å². The van der Waals surface area contributed by atoms with E-state index in [-0.39, 0.29) is 17.8 Å². The van der Waals surface area contributed by atoms with E-state index in [0.717, 1.165) is 38.4 Å². The molecule has 130 valence electrons. The summed E-state index contributed by atoms with van der Waals surface area (Å²) in [6.07, 6.45) is 0.0696. The summed E-state index contributed by atoms with van der Waals surface area (Å²) in [7, 11) is 0. The van der Waals surface area contributed by atoms with Crippen molar-refractivity contribution in [2.45, 2.75) is 26.4 Å². The molecule has 0 radical (unpaired) electrons. The summed E-state index contributed by atoms with van der Waals surface area (Å²) in [5, 5.41) is 2.79. The van der Waals surface area contributed by atoms with Crippen LogP contribution in [0.25, 0.3) is 0 Å². The molecule has 1 aromatic rings. The van der Waals surface area contributed by atoms with Gasteiger partial charge >= 0.3 is 5.97 Å². The van der Waals surface area contributed by atoms with E-state index >= 15 is 0 Å². The Morgan fingerprint density at radius 1 is 1.25 bits per heavy atom. The van der Waals surface area contributed by atoms with Crippen LogP contribution in [0.5, 0.6) is 0 Å². The summed E-state index contributed by atoms with van der Waals surface area (Å²) in [5.41, 5.74) is 1.80. The predicted molar refractivity (Wildman–Crippen MR) is 90.9 cm³/mol. The van der Waals surface area contributed by atoms with Gasteiger partial charge in [-0.2, -0.15) is 0 Å². The molecule has 2 fully saturated rings. The highest BCUT2D eigenvalue weighted by Crippen LogP contribution is 2.38. The Bertz CT molecular complexity index is 596. The molecular weight excluding hydrogens is 308 g/mol. The van der Waals surface area contributed by atoms with Gasteiger partial charge in [0.05, 0.1) is 19.1 Å². The van der Waals surface area contributed by atoms with E-state index in [1.165, 1.54) is 0 Å². The third-order valence-corrected chi connectivity index (χ3v) is 4.59. The molecule has 6 nitrogen and oxygen atoms in total. The molecule has 3 atom stereocenters. The van der Waals surface area contributed by atoms with Gasteiger partial charge in [0.1, 0.15) is 0 Å². The molecule has 1 aliphatic carbocycles. The number of ether oxygens (including phenoxy) is 2. The topological polar surface area (TPSA) is 67.9 Å². The number of rotatable bonds is 5. The van der Waals surface area contributed by atoms with Crippen molar-refractivity contribution in [3.8, 4) is 0 Å². The number of carbonyl (C=O) groups excluding carboxylic acids is 2. The molecule has 6 heteroatoms. The molecule has 1 N–H and O–H groups in total. The van der Waals surface area contributed by atoms with Crippen LogP contribution in [0, 0.1) is 11.8 Å². The second-order valence-corrected chi connectivity index (χ2v) is 6.53. The van der Waals surface area contributed by atoms with Gasteiger partial charge in [0.2, 0.25) is 0 Å². The molecule has 1 amide bonds. The van der Waals surface area contributed by atoms with Crippen LogP contribution >= 0.6 is 0 Å². The number of carbonyl (C=O) groups is 2. The van der Waals surface area contributed by atoms with Crippen molar-refractivity contribution >= 4 is 23.3 Å². The lowest BCUT2D eigenvalue weighted by Crippen LogP contribution is -2.36. The van der Waals surface area contributed by atoms with Gasteiger partial charge in [-0.15, -0.1) is 0 Å². The lowest BCUT2D eigenvalue weighted by Gasteiger charge is -2.28. The van der Waals surface area contributed by atoms with Crippen LogP contribution in [0.2, 0.25) is 0 Å². The molecule has 1 aromatic carbocycles. The summed E-state index contributed by atoms with van der Waals surface area (Å²) in [6, 6.07) is 7.67. The van der Waals surface area contributed by atoms with Gasteiger partial charge in [0.25, 0.3) is 5.91 Å². The summed E-state index contributed by atoms with van der Waals surface area (Å²) < 4.78 is 10.6. The van der Waals surface area contributed by atoms with Gasteiger partial charge in [-0.1, -0.05) is 6.92 Å². The first-order valence-corrected chi connectivity index (χ1v) is 8.48. The maximum atomic E-state index is 12.1. The van der Waals surface area contributed by atoms with Gasteiger partial charge in [-0.05, 0) is 43.5 Å². The lowest BCUT2D eigenvalue weighted by molar-refractivity contribution is -0.154. The summed E-state index contributed by atoms with van der Waals surface area (Å²) in [6.45, 7) is 6.83. The summed E-state index contributed by atoms with van der Waals surface area (Å²) in [5.74, 6) is -0.239. The first-order chi connectivity index (χ1) is 11.5. The van der Waals surface area contributed by atoms with Crippen LogP contribution < -0.4 is 10.2 Å². The average Bonchev–Trinajstić information content (AvgIpc) is 3.33. The van der Waals surface area contributed by atoms with Gasteiger partial charge in [0.15, 0.2) is 6.10 Å². The number of hydrogen-bond acceptors (Lipinski definition) is 5. The maximum Gasteiger partial charge on any atom is 0.309 e. The Balaban J connectivity index is 1.51. The van der Waals surface area contributed by atoms with E-state index in [1.54, 1.807) is 6.92 Å². The van der Waals surface area contributed by atoms with Crippen LogP contribution in [0.3, 0.4) is 0 Å². The number of amides is 1. The normalized spacial score (nSPS) is 24.2. The average molecular weight is 332 g/mol. The van der Waals surface area contributed by atoms with Crippen molar-refractivity contribution in [2.75, 3.05) is 36.5 Å². The number of esters is 1. The van der Waals surface area contributed by atoms with Crippen LogP contribution in [-0.2, 0) is 19.1 Å². The summed E-state index contributed by atoms with van der Waals surface area (Å²) in [4.78, 5) is 26.2. The number of morpholine rings is 1. The second kappa shape index (κ2) is 7.21. The highest BCUT2D eigenvalue weighted by Gasteiger charge is 2.41. The molecule has 2 aliphatic rings. The predicted octanol–water partition coefficient (Wildman–Crippen LogP) is 2.05. The van der Waals surface area contributed by atoms with Crippen LogP contribution in [0.4, 0.5) is 11.4 Å². The molecule has 1 saturated heterocycles. The number of anilines is 2. The molecular formula is C18H24N2O4. The van der Waals surface area contributed by atoms with Crippen LogP contribution in [0.1, 0.15) is 20.3 Å². The van der Waals surface area contributed by atoms with Gasteiger partial charge in [-0.25, -0.2) is 0 Å². The van der Waals surface area contributed by atoms with Gasteiger partial charge in [0, 0.05) is 24.5 Å². The van der Waals surface area contributed by atoms with E-state index in [4.69, 9.17) is 9.47 Å². The number of benzene rings is 1. The molecule has 3 rings (SSSR count). The van der Waals surface area contributed by atoms with Crippen molar-refractivity contribution in [2.24, 2.45) is 11.8 Å². The molecule has 1 aliphatic heterocycles. The van der Waals surface area contributed by atoms with Crippen LogP contribution in [-0.4, -0.2) is 44.3 Å². The zero-order valence-electron chi connectivity index (χ0n) is 14.2. The maximum absolute atomic E-state index is 12.1. The minimum absolute atomic E-state index is 0.0342. The Morgan fingerprint density at radius 2 is 1.88 bits per heavy atom. The van der Waals surface area contributed by atoms with Crippen molar-refractivity contribution in [1.82, 2.24) is 0 Å². The first kappa shape index (κ1) is 16.8. The Kier molecular flexibility index (Phi) is 5.04. The SMILES string of the molecule is C[C@H](OC(=O)[C@@H]1C[C@H]1C)C(=O)Nc1ccc(N2CCOCC2)cc1. The first-order valence-electron chi connectivity index (χ1n) is 8.48. The highest BCUT2D eigenvalue weighted by molar-refractivity contribution is 5.95. The fraction of sp³-hybridized carbons (Fsp3) is 0.556. The van der Waals surface area contributed by atoms with Crippen molar-refractivity contribution in [1.29, 1.82) is 0 Å². The third-order valence-electron chi connectivity index (χ3n) is 4.59. The highest BCUT2D eigenvalue weighted by atomic mass is 16.5. The zero-order chi connectivity index (χ0) is 17.1. The smallest absolute Gasteiger partial charge is 0.309 e. The molecule has 0 unspecified atom stereocenters. The minimum Gasteiger partial charge on any atom is -0.452 e. The monoisotopic (exact) mass is 332 g/mol. The largest absolute Gasteiger partial charge is 0.452 e. The lowest BCUT2D eigenvalue weighted by atomic mass is 10.2. The standard InChI is InChI=1S/C18H24N2O4/c1-12-11-16(12)18(22)24-13(2)17(21)19-14-3-5-15(6-4-14)20-7-9-23-10-8-20/h3-6,12-13,16H,7-11H2,1-2H3,(H,19,21)/t12-,13+,16-/m1/s1. The van der Waals surface area contributed by atoms with Gasteiger partial charge < -0.3 is 19.7 Å². The molecule has 24 heavy (non-hydrogen) atoms. The van der Waals surface area contributed by atoms with E-state index in [1.807, 2.05) is 31.2 Å². The Morgan fingerprint density at radius 3 is 2.46 bits per heavy atom. The van der Waals surface area contributed by atoms with E-state index < -0.39 is 6.10 Å². The van der Waals surface area contributed by atoms with E-state index in [2.05, 4.69) is 10.2 Å². The fourth-order valence-corrected chi connectivity index (χ4v) is 2.79. The van der Waals surface area contributed by atoms with Crippen molar-refractivity contribution in [3.63, 3.8) is 0 Å². The second-order valence-electron chi connectivity index (χ2n) is 6.53. The molecule has 0 bridgehead atoms. The minimum atomic E-state index is -0.788. The molecule has 1 heterocycles. The zero-order valence-corrected chi connectivity index (χ0v) is 14.2.